The molecular formula is C25H48O3. The molecule has 1 N–H and O–H groups in total. The molecule has 0 saturated carbocycles. The molecule has 166 valence electrons. The minimum Gasteiger partial charge on any atom is -0.461 e. The van der Waals surface area contributed by atoms with Gasteiger partial charge in [0.25, 0.3) is 0 Å². The van der Waals surface area contributed by atoms with Gasteiger partial charge >= 0.3 is 5.97 Å². The molecule has 3 atom stereocenters. The van der Waals surface area contributed by atoms with Crippen LogP contribution in [0.2, 0.25) is 0 Å². The highest BCUT2D eigenvalue weighted by Gasteiger charge is 2.42. The Morgan fingerprint density at radius 3 is 1.64 bits per heavy atom. The first kappa shape index (κ1) is 25.5. The van der Waals surface area contributed by atoms with E-state index in [1.807, 2.05) is 0 Å². The number of aliphatic hydroxyl groups is 1. The van der Waals surface area contributed by atoms with Crippen LogP contribution in [-0.4, -0.2) is 23.3 Å². The highest BCUT2D eigenvalue weighted by Crippen LogP contribution is 2.30. The number of carbonyl (C=O) groups excluding carboxylic acids is 1. The van der Waals surface area contributed by atoms with Gasteiger partial charge in [0.15, 0.2) is 0 Å². The zero-order valence-electron chi connectivity index (χ0n) is 18.9. The average molecular weight is 397 g/mol. The third-order valence-corrected chi connectivity index (χ3v) is 6.26. The summed E-state index contributed by atoms with van der Waals surface area (Å²) in [5.41, 5.74) is 0. The topological polar surface area (TPSA) is 46.5 Å². The lowest BCUT2D eigenvalue weighted by atomic mass is 9.87. The lowest BCUT2D eigenvalue weighted by molar-refractivity contribution is -0.188. The molecule has 0 spiro atoms. The minimum atomic E-state index is -0.306. The van der Waals surface area contributed by atoms with Gasteiger partial charge in [0.1, 0.15) is 6.10 Å². The number of aliphatic hydroxyl groups excluding tert-OH is 1. The molecule has 1 rings (SSSR count). The van der Waals surface area contributed by atoms with Crippen molar-refractivity contribution in [2.75, 3.05) is 0 Å². The van der Waals surface area contributed by atoms with Gasteiger partial charge in [-0.1, -0.05) is 117 Å². The van der Waals surface area contributed by atoms with Gasteiger partial charge in [0.05, 0.1) is 12.0 Å². The third-order valence-electron chi connectivity index (χ3n) is 6.26. The van der Waals surface area contributed by atoms with Crippen molar-refractivity contribution in [3.05, 3.63) is 0 Å². The second-order valence-corrected chi connectivity index (χ2v) is 9.00. The summed E-state index contributed by atoms with van der Waals surface area (Å²) in [4.78, 5) is 11.4. The van der Waals surface area contributed by atoms with Crippen LogP contribution < -0.4 is 0 Å². The van der Waals surface area contributed by atoms with Gasteiger partial charge in [-0.05, 0) is 12.8 Å². The molecule has 1 aliphatic rings. The maximum absolute atomic E-state index is 11.4. The van der Waals surface area contributed by atoms with E-state index in [4.69, 9.17) is 4.74 Å². The van der Waals surface area contributed by atoms with Gasteiger partial charge in [-0.3, -0.25) is 4.79 Å². The van der Waals surface area contributed by atoms with E-state index >= 15 is 0 Å². The largest absolute Gasteiger partial charge is 0.461 e. The van der Waals surface area contributed by atoms with Crippen molar-refractivity contribution in [2.45, 2.75) is 148 Å². The summed E-state index contributed by atoms with van der Waals surface area (Å²) in [6.07, 6.45) is 23.5. The maximum atomic E-state index is 11.4. The van der Waals surface area contributed by atoms with E-state index in [0.717, 1.165) is 25.7 Å². The molecule has 0 radical (unpaired) electrons. The molecule has 28 heavy (non-hydrogen) atoms. The molecular weight excluding hydrogens is 348 g/mol. The summed E-state index contributed by atoms with van der Waals surface area (Å²) in [7, 11) is 0. The maximum Gasteiger partial charge on any atom is 0.313 e. The molecule has 0 amide bonds. The van der Waals surface area contributed by atoms with Crippen LogP contribution in [0.4, 0.5) is 0 Å². The lowest BCUT2D eigenvalue weighted by Crippen LogP contribution is -2.46. The van der Waals surface area contributed by atoms with Crippen molar-refractivity contribution in [3.63, 3.8) is 0 Å². The number of hydrogen-bond donors (Lipinski definition) is 1. The highest BCUT2D eigenvalue weighted by atomic mass is 16.6. The number of esters is 1. The Balaban J connectivity index is 1.80. The van der Waals surface area contributed by atoms with Crippen LogP contribution in [-0.2, 0) is 9.53 Å². The number of cyclic esters (lactones) is 1. The first-order chi connectivity index (χ1) is 13.7. The van der Waals surface area contributed by atoms with Crippen molar-refractivity contribution in [1.29, 1.82) is 0 Å². The molecule has 0 aromatic heterocycles. The van der Waals surface area contributed by atoms with E-state index in [9.17, 15) is 9.90 Å². The van der Waals surface area contributed by atoms with Crippen molar-refractivity contribution in [3.8, 4) is 0 Å². The Morgan fingerprint density at radius 2 is 1.21 bits per heavy atom. The van der Waals surface area contributed by atoms with Crippen molar-refractivity contribution >= 4 is 5.97 Å². The Hall–Kier alpha value is -0.570. The zero-order chi connectivity index (χ0) is 20.5. The molecule has 1 aliphatic heterocycles. The van der Waals surface area contributed by atoms with Crippen LogP contribution in [0.5, 0.6) is 0 Å². The fraction of sp³-hybridized carbons (Fsp3) is 0.960. The molecule has 0 aromatic rings. The molecule has 1 unspecified atom stereocenters. The molecule has 3 heteroatoms. The Labute approximate surface area is 175 Å². The minimum absolute atomic E-state index is 0.0289. The van der Waals surface area contributed by atoms with E-state index in [2.05, 4.69) is 13.8 Å². The fourth-order valence-corrected chi connectivity index (χ4v) is 4.36. The molecule has 1 heterocycles. The van der Waals surface area contributed by atoms with Gasteiger partial charge < -0.3 is 9.84 Å². The normalized spacial score (nSPS) is 20.0. The highest BCUT2D eigenvalue weighted by molar-refractivity contribution is 5.78. The van der Waals surface area contributed by atoms with Crippen LogP contribution >= 0.6 is 0 Å². The third kappa shape index (κ3) is 12.1. The Bertz CT molecular complexity index is 369. The van der Waals surface area contributed by atoms with E-state index in [0.29, 0.717) is 6.42 Å². The molecule has 1 fully saturated rings. The summed E-state index contributed by atoms with van der Waals surface area (Å²) in [6.45, 7) is 4.37. The number of ether oxygens (including phenoxy) is 1. The predicted molar refractivity (Wildman–Crippen MR) is 118 cm³/mol. The van der Waals surface area contributed by atoms with Crippen LogP contribution in [0, 0.1) is 5.92 Å². The Morgan fingerprint density at radius 1 is 0.750 bits per heavy atom. The van der Waals surface area contributed by atoms with Crippen LogP contribution in [0.3, 0.4) is 0 Å². The Kier molecular flexibility index (Phi) is 15.7. The number of unbranched alkanes of at least 4 members (excludes halogenated alkanes) is 14. The zero-order valence-corrected chi connectivity index (χ0v) is 18.9. The van der Waals surface area contributed by atoms with E-state index < -0.39 is 0 Å². The van der Waals surface area contributed by atoms with E-state index in [-0.39, 0.29) is 24.1 Å². The van der Waals surface area contributed by atoms with Crippen molar-refractivity contribution in [2.24, 2.45) is 5.92 Å². The number of carbonyl (C=O) groups is 1. The van der Waals surface area contributed by atoms with Gasteiger partial charge in [-0.25, -0.2) is 0 Å². The monoisotopic (exact) mass is 396 g/mol. The van der Waals surface area contributed by atoms with Gasteiger partial charge in [-0.2, -0.15) is 0 Å². The summed E-state index contributed by atoms with van der Waals surface area (Å²) in [5.74, 6) is -0.0215. The predicted octanol–water partition coefficient (Wildman–Crippen LogP) is 7.34. The lowest BCUT2D eigenvalue weighted by Gasteiger charge is -2.36. The fourth-order valence-electron chi connectivity index (χ4n) is 4.36. The second kappa shape index (κ2) is 17.3. The molecule has 0 aromatic carbocycles. The van der Waals surface area contributed by atoms with E-state index in [1.165, 1.54) is 89.9 Å². The van der Waals surface area contributed by atoms with Crippen LogP contribution in [0.1, 0.15) is 136 Å². The molecule has 3 nitrogen and oxygen atoms in total. The number of rotatable bonds is 20. The SMILES string of the molecule is CCCCCCCCCCCCCCCCCC(O)C[C@H]1OC(=O)[C@@H]1CCC. The molecule has 1 saturated heterocycles. The summed E-state index contributed by atoms with van der Waals surface area (Å²) < 4.78 is 5.20. The summed E-state index contributed by atoms with van der Waals surface area (Å²) in [6, 6.07) is 0. The van der Waals surface area contributed by atoms with Gasteiger partial charge in [-0.15, -0.1) is 0 Å². The first-order valence-corrected chi connectivity index (χ1v) is 12.6. The van der Waals surface area contributed by atoms with Crippen molar-refractivity contribution in [1.82, 2.24) is 0 Å². The van der Waals surface area contributed by atoms with E-state index in [1.54, 1.807) is 0 Å². The van der Waals surface area contributed by atoms with Crippen LogP contribution in [0.25, 0.3) is 0 Å². The first-order valence-electron chi connectivity index (χ1n) is 12.6. The van der Waals surface area contributed by atoms with Crippen molar-refractivity contribution < 1.29 is 14.6 Å². The average Bonchev–Trinajstić information content (AvgIpc) is 2.68. The summed E-state index contributed by atoms with van der Waals surface area (Å²) in [5, 5.41) is 10.2. The summed E-state index contributed by atoms with van der Waals surface area (Å²) >= 11 is 0. The van der Waals surface area contributed by atoms with Gasteiger partial charge in [0.2, 0.25) is 0 Å². The quantitative estimate of drug-likeness (QED) is 0.173. The smallest absolute Gasteiger partial charge is 0.313 e. The number of hydrogen-bond acceptors (Lipinski definition) is 3. The second-order valence-electron chi connectivity index (χ2n) is 9.00. The van der Waals surface area contributed by atoms with Gasteiger partial charge in [0, 0.05) is 6.42 Å². The molecule has 0 aliphatic carbocycles. The standard InChI is InChI=1S/C25H48O3/c1-3-5-6-7-8-9-10-11-12-13-14-15-16-17-18-20-22(26)21-24-23(19-4-2)25(27)28-24/h22-24,26H,3-21H2,1-2H3/t22?,23-,24-/m1/s1. The van der Waals surface area contributed by atoms with Crippen LogP contribution in [0.15, 0.2) is 0 Å². The molecule has 0 bridgehead atoms.